The number of rotatable bonds is 4. The van der Waals surface area contributed by atoms with Gasteiger partial charge in [0.2, 0.25) is 0 Å². The fourth-order valence-corrected chi connectivity index (χ4v) is 3.14. The molecular formula is C18H17FN2O4. The zero-order valence-electron chi connectivity index (χ0n) is 13.4. The third kappa shape index (κ3) is 3.45. The predicted octanol–water partition coefficient (Wildman–Crippen LogP) is 1.70. The van der Waals surface area contributed by atoms with Gasteiger partial charge in [-0.05, 0) is 30.2 Å². The monoisotopic (exact) mass is 344 g/mol. The van der Waals surface area contributed by atoms with E-state index in [1.807, 2.05) is 0 Å². The van der Waals surface area contributed by atoms with Crippen LogP contribution in [0.3, 0.4) is 0 Å². The molecule has 1 aliphatic heterocycles. The van der Waals surface area contributed by atoms with Crippen molar-refractivity contribution in [2.24, 2.45) is 0 Å². The van der Waals surface area contributed by atoms with Crippen LogP contribution >= 0.6 is 0 Å². The number of hydrogen-bond donors (Lipinski definition) is 1. The van der Waals surface area contributed by atoms with Gasteiger partial charge >= 0.3 is 5.97 Å². The molecule has 1 aromatic heterocycles. The van der Waals surface area contributed by atoms with E-state index >= 15 is 0 Å². The molecule has 6 nitrogen and oxygen atoms in total. The number of carbonyl (C=O) groups is 2. The molecule has 0 saturated carbocycles. The van der Waals surface area contributed by atoms with Crippen LogP contribution in [-0.4, -0.2) is 39.5 Å². The smallest absolute Gasteiger partial charge is 0.323 e. The minimum atomic E-state index is -1.16. The van der Waals surface area contributed by atoms with E-state index < -0.39 is 24.0 Å². The van der Waals surface area contributed by atoms with Gasteiger partial charge in [0.1, 0.15) is 17.9 Å². The fourth-order valence-electron chi connectivity index (χ4n) is 3.14. The summed E-state index contributed by atoms with van der Waals surface area (Å²) in [5.41, 5.74) is -0.142. The molecule has 130 valence electrons. The molecule has 2 aromatic rings. The van der Waals surface area contributed by atoms with Crippen LogP contribution in [-0.2, 0) is 11.3 Å². The van der Waals surface area contributed by atoms with Crippen molar-refractivity contribution < 1.29 is 19.1 Å². The van der Waals surface area contributed by atoms with Crippen LogP contribution in [0, 0.1) is 5.82 Å². The molecule has 1 unspecified atom stereocenters. The van der Waals surface area contributed by atoms with Crippen molar-refractivity contribution in [2.75, 3.05) is 13.1 Å². The Hall–Kier alpha value is -2.96. The Morgan fingerprint density at radius 3 is 2.68 bits per heavy atom. The molecule has 1 fully saturated rings. The number of amides is 1. The van der Waals surface area contributed by atoms with Crippen LogP contribution in [0.25, 0.3) is 0 Å². The second kappa shape index (κ2) is 6.88. The zero-order chi connectivity index (χ0) is 18.0. The second-order valence-electron chi connectivity index (χ2n) is 6.01. The van der Waals surface area contributed by atoms with Crippen LogP contribution in [0.1, 0.15) is 28.3 Å². The van der Waals surface area contributed by atoms with Gasteiger partial charge in [-0.1, -0.05) is 18.2 Å². The van der Waals surface area contributed by atoms with Crippen LogP contribution in [0.15, 0.2) is 47.4 Å². The van der Waals surface area contributed by atoms with Gasteiger partial charge in [-0.25, -0.2) is 4.39 Å². The molecule has 0 radical (unpaired) electrons. The Bertz CT molecular complexity index is 877. The number of nitrogens with zero attached hydrogens (tertiary/aromatic N) is 2. The minimum absolute atomic E-state index is 0.0714. The summed E-state index contributed by atoms with van der Waals surface area (Å²) in [6.45, 7) is 0.246. The summed E-state index contributed by atoms with van der Waals surface area (Å²) in [4.78, 5) is 37.3. The summed E-state index contributed by atoms with van der Waals surface area (Å²) in [6.07, 6.45) is 1.95. The molecule has 1 saturated heterocycles. The molecule has 3 rings (SSSR count). The third-order valence-corrected chi connectivity index (χ3v) is 4.38. The van der Waals surface area contributed by atoms with Crippen molar-refractivity contribution in [2.45, 2.75) is 18.9 Å². The van der Waals surface area contributed by atoms with E-state index in [9.17, 15) is 18.8 Å². The summed E-state index contributed by atoms with van der Waals surface area (Å²) in [6, 6.07) is 9.33. The molecule has 0 spiro atoms. The summed E-state index contributed by atoms with van der Waals surface area (Å²) in [5.74, 6) is -2.03. The van der Waals surface area contributed by atoms with Crippen molar-refractivity contribution in [3.8, 4) is 0 Å². The number of benzene rings is 1. The lowest BCUT2D eigenvalue weighted by molar-refractivity contribution is -0.137. The summed E-state index contributed by atoms with van der Waals surface area (Å²) >= 11 is 0. The number of hydrogen-bond acceptors (Lipinski definition) is 3. The quantitative estimate of drug-likeness (QED) is 0.916. The minimum Gasteiger partial charge on any atom is -0.480 e. The zero-order valence-corrected chi connectivity index (χ0v) is 13.4. The first-order chi connectivity index (χ1) is 12.0. The molecule has 1 N–H and O–H groups in total. The largest absolute Gasteiger partial charge is 0.480 e. The highest BCUT2D eigenvalue weighted by Gasteiger charge is 2.30. The van der Waals surface area contributed by atoms with Gasteiger partial charge in [-0.15, -0.1) is 0 Å². The standard InChI is InChI=1S/C18H17FN2O4/c19-15-6-2-1-4-13(15)12-7-9-21(10-12)18(25)14-5-3-8-20(17(14)24)11-16(22)23/h1-6,8,12H,7,9-11H2,(H,22,23). The maximum atomic E-state index is 13.9. The molecule has 1 atom stereocenters. The molecular weight excluding hydrogens is 327 g/mol. The van der Waals surface area contributed by atoms with E-state index in [1.54, 1.807) is 18.2 Å². The van der Waals surface area contributed by atoms with E-state index in [0.29, 0.717) is 25.1 Å². The topological polar surface area (TPSA) is 79.6 Å². The van der Waals surface area contributed by atoms with Crippen molar-refractivity contribution in [1.29, 1.82) is 0 Å². The second-order valence-corrected chi connectivity index (χ2v) is 6.01. The van der Waals surface area contributed by atoms with Gasteiger partial charge < -0.3 is 14.6 Å². The maximum absolute atomic E-state index is 13.9. The molecule has 1 amide bonds. The number of aromatic nitrogens is 1. The number of carboxylic acids is 1. The number of pyridine rings is 1. The fraction of sp³-hybridized carbons (Fsp3) is 0.278. The first kappa shape index (κ1) is 16.9. The van der Waals surface area contributed by atoms with Crippen LogP contribution in [0.5, 0.6) is 0 Å². The van der Waals surface area contributed by atoms with Crippen LogP contribution in [0.4, 0.5) is 4.39 Å². The molecule has 2 heterocycles. The van der Waals surface area contributed by atoms with Gasteiger partial charge in [-0.3, -0.25) is 14.4 Å². The van der Waals surface area contributed by atoms with Crippen molar-refractivity contribution in [3.63, 3.8) is 0 Å². The van der Waals surface area contributed by atoms with Gasteiger partial charge in [0.15, 0.2) is 0 Å². The molecule has 7 heteroatoms. The number of carbonyl (C=O) groups excluding carboxylic acids is 1. The van der Waals surface area contributed by atoms with Crippen molar-refractivity contribution in [3.05, 3.63) is 69.9 Å². The van der Waals surface area contributed by atoms with Crippen LogP contribution < -0.4 is 5.56 Å². The predicted molar refractivity (Wildman–Crippen MR) is 88.0 cm³/mol. The van der Waals surface area contributed by atoms with E-state index in [-0.39, 0.29) is 17.3 Å². The van der Waals surface area contributed by atoms with E-state index in [4.69, 9.17) is 5.11 Å². The first-order valence-electron chi connectivity index (χ1n) is 7.92. The molecule has 1 aliphatic rings. The Kier molecular flexibility index (Phi) is 4.65. The van der Waals surface area contributed by atoms with E-state index in [2.05, 4.69) is 0 Å². The Morgan fingerprint density at radius 2 is 1.96 bits per heavy atom. The number of halogens is 1. The molecule has 25 heavy (non-hydrogen) atoms. The normalized spacial score (nSPS) is 16.8. The summed E-state index contributed by atoms with van der Waals surface area (Å²) in [7, 11) is 0. The lowest BCUT2D eigenvalue weighted by Crippen LogP contribution is -2.36. The number of likely N-dealkylation sites (tertiary alicyclic amines) is 1. The van der Waals surface area contributed by atoms with Gasteiger partial charge in [0, 0.05) is 25.2 Å². The molecule has 0 bridgehead atoms. The first-order valence-corrected chi connectivity index (χ1v) is 7.92. The highest BCUT2D eigenvalue weighted by atomic mass is 19.1. The Labute approximate surface area is 143 Å². The SMILES string of the molecule is O=C(O)Cn1cccc(C(=O)N2CCC(c3ccccc3F)C2)c1=O. The number of aliphatic carboxylic acids is 1. The van der Waals surface area contributed by atoms with Crippen LogP contribution in [0.2, 0.25) is 0 Å². The highest BCUT2D eigenvalue weighted by molar-refractivity contribution is 5.94. The van der Waals surface area contributed by atoms with Gasteiger partial charge in [0.05, 0.1) is 0 Å². The maximum Gasteiger partial charge on any atom is 0.323 e. The Balaban J connectivity index is 1.80. The average molecular weight is 344 g/mol. The van der Waals surface area contributed by atoms with E-state index in [1.165, 1.54) is 29.3 Å². The average Bonchev–Trinajstić information content (AvgIpc) is 3.06. The lowest BCUT2D eigenvalue weighted by atomic mass is 9.98. The molecule has 0 aliphatic carbocycles. The van der Waals surface area contributed by atoms with E-state index in [0.717, 1.165) is 4.57 Å². The number of carboxylic acid groups (broad SMARTS) is 1. The Morgan fingerprint density at radius 1 is 1.20 bits per heavy atom. The van der Waals surface area contributed by atoms with Gasteiger partial charge in [0.25, 0.3) is 11.5 Å². The molecule has 1 aromatic carbocycles. The lowest BCUT2D eigenvalue weighted by Gasteiger charge is -2.17. The summed E-state index contributed by atoms with van der Waals surface area (Å²) < 4.78 is 14.9. The van der Waals surface area contributed by atoms with Crippen molar-refractivity contribution in [1.82, 2.24) is 9.47 Å². The third-order valence-electron chi connectivity index (χ3n) is 4.38. The summed E-state index contributed by atoms with van der Waals surface area (Å²) in [5, 5.41) is 8.83. The highest BCUT2D eigenvalue weighted by Crippen LogP contribution is 2.29. The van der Waals surface area contributed by atoms with Gasteiger partial charge in [-0.2, -0.15) is 0 Å². The van der Waals surface area contributed by atoms with Crippen molar-refractivity contribution >= 4 is 11.9 Å².